The molecule has 35 heavy (non-hydrogen) atoms. The van der Waals surface area contributed by atoms with Gasteiger partial charge in [0.15, 0.2) is 11.5 Å². The van der Waals surface area contributed by atoms with Crippen molar-refractivity contribution in [2.45, 2.75) is 33.4 Å². The number of sulfonamides is 1. The number of methoxy groups -OCH3 is 1. The first-order valence-electron chi connectivity index (χ1n) is 11.3. The first-order chi connectivity index (χ1) is 16.7. The van der Waals surface area contributed by atoms with Gasteiger partial charge in [0.2, 0.25) is 28.6 Å². The van der Waals surface area contributed by atoms with E-state index in [-0.39, 0.29) is 30.7 Å². The average Bonchev–Trinajstić information content (AvgIpc) is 3.33. The Morgan fingerprint density at radius 1 is 1.09 bits per heavy atom. The van der Waals surface area contributed by atoms with E-state index in [2.05, 4.69) is 5.32 Å². The molecule has 0 saturated heterocycles. The van der Waals surface area contributed by atoms with Crippen LogP contribution in [0.3, 0.4) is 0 Å². The van der Waals surface area contributed by atoms with Crippen LogP contribution in [0, 0.1) is 0 Å². The zero-order chi connectivity index (χ0) is 25.6. The number of ether oxygens (including phenoxy) is 3. The van der Waals surface area contributed by atoms with Crippen LogP contribution in [0.1, 0.15) is 26.3 Å². The minimum Gasteiger partial charge on any atom is -0.497 e. The van der Waals surface area contributed by atoms with Crippen LogP contribution in [0.2, 0.25) is 0 Å². The summed E-state index contributed by atoms with van der Waals surface area (Å²) >= 11 is 0. The Balaban J connectivity index is 1.92. The summed E-state index contributed by atoms with van der Waals surface area (Å²) < 4.78 is 42.9. The van der Waals surface area contributed by atoms with Crippen molar-refractivity contribution >= 4 is 27.5 Å². The molecule has 2 amide bonds. The van der Waals surface area contributed by atoms with Crippen molar-refractivity contribution in [3.63, 3.8) is 0 Å². The number of hydrogen-bond acceptors (Lipinski definition) is 7. The molecular weight excluding hydrogens is 474 g/mol. The highest BCUT2D eigenvalue weighted by atomic mass is 32.2. The van der Waals surface area contributed by atoms with Gasteiger partial charge >= 0.3 is 0 Å². The number of carbonyl (C=O) groups excluding carboxylic acids is 2. The maximum Gasteiger partial charge on any atom is 0.244 e. The Hall–Kier alpha value is -3.47. The van der Waals surface area contributed by atoms with Crippen LogP contribution < -0.4 is 23.8 Å². The summed E-state index contributed by atoms with van der Waals surface area (Å²) in [6.07, 6.45) is 0. The van der Waals surface area contributed by atoms with E-state index >= 15 is 0 Å². The molecular formula is C24H31N3O7S. The quantitative estimate of drug-likeness (QED) is 0.498. The zero-order valence-corrected chi connectivity index (χ0v) is 21.1. The smallest absolute Gasteiger partial charge is 0.244 e. The van der Waals surface area contributed by atoms with E-state index in [1.165, 1.54) is 17.9 Å². The summed E-state index contributed by atoms with van der Waals surface area (Å²) in [5.41, 5.74) is 1.04. The normalized spacial score (nSPS) is 13.1. The van der Waals surface area contributed by atoms with Gasteiger partial charge in [-0.1, -0.05) is 12.1 Å². The predicted octanol–water partition coefficient (Wildman–Crippen LogP) is 2.13. The van der Waals surface area contributed by atoms with E-state index in [4.69, 9.17) is 14.2 Å². The number of hydrogen-bond donors (Lipinski definition) is 1. The maximum atomic E-state index is 13.6. The summed E-state index contributed by atoms with van der Waals surface area (Å²) in [6.45, 7) is 4.99. The summed E-state index contributed by atoms with van der Waals surface area (Å²) in [5, 5.41) is 2.72. The summed E-state index contributed by atoms with van der Waals surface area (Å²) in [6, 6.07) is 11.0. The van der Waals surface area contributed by atoms with E-state index in [9.17, 15) is 18.0 Å². The molecule has 1 aliphatic rings. The third kappa shape index (κ3) is 6.16. The van der Waals surface area contributed by atoms with Gasteiger partial charge in [0.05, 0.1) is 18.6 Å². The molecule has 2 aromatic carbocycles. The second-order valence-corrected chi connectivity index (χ2v) is 10.1. The standard InChI is InChI=1S/C24H31N3O7S/c1-5-25-24(29)17(3)26(14-18-7-10-20(32-4)11-8-18)23(28)15-27(35(30,31)6-2)19-9-12-21-22(13-19)34-16-33-21/h7-13,17H,5-6,14-16H2,1-4H3,(H,25,29)/t17-/m0/s1. The lowest BCUT2D eigenvalue weighted by Crippen LogP contribution is -2.51. The predicted molar refractivity (Wildman–Crippen MR) is 131 cm³/mol. The number of likely N-dealkylation sites (N-methyl/N-ethyl adjacent to an activating group) is 1. The maximum absolute atomic E-state index is 13.6. The molecule has 0 fully saturated rings. The zero-order valence-electron chi connectivity index (χ0n) is 20.3. The Morgan fingerprint density at radius 2 is 1.77 bits per heavy atom. The van der Waals surface area contributed by atoms with Crippen LogP contribution in [-0.4, -0.2) is 63.9 Å². The van der Waals surface area contributed by atoms with Crippen molar-refractivity contribution < 1.29 is 32.2 Å². The van der Waals surface area contributed by atoms with Gasteiger partial charge in [-0.2, -0.15) is 0 Å². The molecule has 1 N–H and O–H groups in total. The minimum atomic E-state index is -3.82. The molecule has 3 rings (SSSR count). The van der Waals surface area contributed by atoms with Crippen LogP contribution >= 0.6 is 0 Å². The van der Waals surface area contributed by atoms with E-state index in [1.54, 1.807) is 57.4 Å². The van der Waals surface area contributed by atoms with Crippen LogP contribution in [0.4, 0.5) is 5.69 Å². The number of anilines is 1. The van der Waals surface area contributed by atoms with E-state index < -0.39 is 28.5 Å². The van der Waals surface area contributed by atoms with Crippen LogP contribution in [0.25, 0.3) is 0 Å². The highest BCUT2D eigenvalue weighted by molar-refractivity contribution is 7.92. The minimum absolute atomic E-state index is 0.0396. The third-order valence-electron chi connectivity index (χ3n) is 5.65. The van der Waals surface area contributed by atoms with Gasteiger partial charge in [0.25, 0.3) is 0 Å². The molecule has 1 heterocycles. The first kappa shape index (κ1) is 26.1. The van der Waals surface area contributed by atoms with Crippen molar-refractivity contribution in [3.05, 3.63) is 48.0 Å². The fourth-order valence-electron chi connectivity index (χ4n) is 3.59. The van der Waals surface area contributed by atoms with E-state index in [1.807, 2.05) is 0 Å². The third-order valence-corrected chi connectivity index (χ3v) is 7.39. The molecule has 2 aromatic rings. The number of carbonyl (C=O) groups is 2. The summed E-state index contributed by atoms with van der Waals surface area (Å²) in [7, 11) is -2.27. The molecule has 10 nitrogen and oxygen atoms in total. The number of amides is 2. The molecule has 0 saturated carbocycles. The lowest BCUT2D eigenvalue weighted by Gasteiger charge is -2.31. The molecule has 1 aliphatic heterocycles. The van der Waals surface area contributed by atoms with Gasteiger partial charge < -0.3 is 24.4 Å². The largest absolute Gasteiger partial charge is 0.497 e. The number of nitrogens with zero attached hydrogens (tertiary/aromatic N) is 2. The van der Waals surface area contributed by atoms with Crippen molar-refractivity contribution in [2.75, 3.05) is 37.1 Å². The molecule has 11 heteroatoms. The molecule has 0 aliphatic carbocycles. The molecule has 0 aromatic heterocycles. The molecule has 1 atom stereocenters. The lowest BCUT2D eigenvalue weighted by molar-refractivity contribution is -0.139. The Labute approximate surface area is 205 Å². The van der Waals surface area contributed by atoms with Crippen LogP contribution in [-0.2, 0) is 26.2 Å². The van der Waals surface area contributed by atoms with Crippen molar-refractivity contribution in [1.82, 2.24) is 10.2 Å². The highest BCUT2D eigenvalue weighted by Crippen LogP contribution is 2.36. The fourth-order valence-corrected chi connectivity index (χ4v) is 4.65. The molecule has 0 bridgehead atoms. The lowest BCUT2D eigenvalue weighted by atomic mass is 10.1. The number of nitrogens with one attached hydrogen (secondary N) is 1. The number of rotatable bonds is 11. The SMILES string of the molecule is CCNC(=O)[C@H](C)N(Cc1ccc(OC)cc1)C(=O)CN(c1ccc2c(c1)OCO2)S(=O)(=O)CC. The average molecular weight is 506 g/mol. The topological polar surface area (TPSA) is 114 Å². The van der Waals surface area contributed by atoms with Crippen molar-refractivity contribution in [2.24, 2.45) is 0 Å². The van der Waals surface area contributed by atoms with E-state index in [0.717, 1.165) is 9.87 Å². The summed E-state index contributed by atoms with van der Waals surface area (Å²) in [4.78, 5) is 27.6. The molecule has 0 spiro atoms. The first-order valence-corrected chi connectivity index (χ1v) is 12.9. The molecule has 0 radical (unpaired) electrons. The van der Waals surface area contributed by atoms with Gasteiger partial charge in [-0.25, -0.2) is 8.42 Å². The highest BCUT2D eigenvalue weighted by Gasteiger charge is 2.31. The van der Waals surface area contributed by atoms with Crippen molar-refractivity contribution in [1.29, 1.82) is 0 Å². The van der Waals surface area contributed by atoms with Gasteiger partial charge in [0.1, 0.15) is 18.3 Å². The Kier molecular flexibility index (Phi) is 8.44. The Bertz CT molecular complexity index is 1150. The number of benzene rings is 2. The summed E-state index contributed by atoms with van der Waals surface area (Å²) in [5.74, 6) is 0.499. The van der Waals surface area contributed by atoms with Gasteiger partial charge in [-0.3, -0.25) is 13.9 Å². The fraction of sp³-hybridized carbons (Fsp3) is 0.417. The van der Waals surface area contributed by atoms with E-state index in [0.29, 0.717) is 23.8 Å². The van der Waals surface area contributed by atoms with Crippen LogP contribution in [0.15, 0.2) is 42.5 Å². The van der Waals surface area contributed by atoms with Gasteiger partial charge in [-0.05, 0) is 50.6 Å². The van der Waals surface area contributed by atoms with Gasteiger partial charge in [-0.15, -0.1) is 0 Å². The van der Waals surface area contributed by atoms with Crippen molar-refractivity contribution in [3.8, 4) is 17.2 Å². The second kappa shape index (κ2) is 11.3. The van der Waals surface area contributed by atoms with Crippen LogP contribution in [0.5, 0.6) is 17.2 Å². The monoisotopic (exact) mass is 505 g/mol. The Morgan fingerprint density at radius 3 is 2.40 bits per heavy atom. The second-order valence-electron chi connectivity index (χ2n) is 7.89. The molecule has 190 valence electrons. The molecule has 0 unspecified atom stereocenters. The van der Waals surface area contributed by atoms with Gasteiger partial charge in [0, 0.05) is 19.2 Å². The number of fused-ring (bicyclic) bond motifs is 1.